The lowest BCUT2D eigenvalue weighted by Crippen LogP contribution is -2.15. The number of carbonyl (C=O) groups excluding carboxylic acids is 2. The van der Waals surface area contributed by atoms with Crippen molar-refractivity contribution in [1.82, 2.24) is 14.8 Å². The van der Waals surface area contributed by atoms with Crippen molar-refractivity contribution in [3.8, 4) is 0 Å². The first-order valence-corrected chi connectivity index (χ1v) is 4.18. The Kier molecular flexibility index (Phi) is 3.33. The van der Waals surface area contributed by atoms with Crippen LogP contribution in [-0.4, -0.2) is 33.1 Å². The summed E-state index contributed by atoms with van der Waals surface area (Å²) in [5.41, 5.74) is 0. The fraction of sp³-hybridized carbons (Fsp3) is 0.500. The van der Waals surface area contributed by atoms with E-state index in [2.05, 4.69) is 14.8 Å². The summed E-state index contributed by atoms with van der Waals surface area (Å²) in [5.74, 6) is -0.762. The molecule has 0 aliphatic carbocycles. The van der Waals surface area contributed by atoms with Crippen LogP contribution in [0.4, 0.5) is 0 Å². The number of rotatable bonds is 4. The fourth-order valence-corrected chi connectivity index (χ4v) is 0.971. The lowest BCUT2D eigenvalue weighted by molar-refractivity contribution is -0.141. The quantitative estimate of drug-likeness (QED) is 0.384. The molecule has 0 fully saturated rings. The maximum absolute atomic E-state index is 11.4. The molecule has 6 heteroatoms. The highest BCUT2D eigenvalue weighted by molar-refractivity contribution is 6.03. The molecule has 0 bridgehead atoms. The Bertz CT molecular complexity index is 345. The normalized spacial score (nSPS) is 9.86. The van der Waals surface area contributed by atoms with Crippen molar-refractivity contribution in [2.45, 2.75) is 13.3 Å². The minimum absolute atomic E-state index is 0.165. The summed E-state index contributed by atoms with van der Waals surface area (Å²) in [7, 11) is 1.59. The second kappa shape index (κ2) is 4.50. The number of hydrogen-bond acceptors (Lipinski definition) is 5. The van der Waals surface area contributed by atoms with E-state index >= 15 is 0 Å². The standard InChI is InChI=1S/C8H11N3O3/c1-3-14-7(13)4-6(12)8-9-5-10-11(8)2/h5H,3-4H2,1-2H3. The van der Waals surface area contributed by atoms with Gasteiger partial charge in [0.05, 0.1) is 6.61 Å². The third-order valence-corrected chi connectivity index (χ3v) is 1.57. The van der Waals surface area contributed by atoms with E-state index in [1.54, 1.807) is 14.0 Å². The molecular weight excluding hydrogens is 186 g/mol. The number of esters is 1. The molecule has 0 aliphatic heterocycles. The molecule has 1 aromatic heterocycles. The van der Waals surface area contributed by atoms with Crippen molar-refractivity contribution in [2.75, 3.05) is 6.61 Å². The summed E-state index contributed by atoms with van der Waals surface area (Å²) in [4.78, 5) is 26.1. The molecule has 0 saturated heterocycles. The minimum Gasteiger partial charge on any atom is -0.466 e. The van der Waals surface area contributed by atoms with Crippen molar-refractivity contribution in [3.05, 3.63) is 12.2 Å². The molecule has 76 valence electrons. The number of aryl methyl sites for hydroxylation is 1. The largest absolute Gasteiger partial charge is 0.466 e. The minimum atomic E-state index is -0.541. The van der Waals surface area contributed by atoms with Crippen LogP contribution in [0.15, 0.2) is 6.33 Å². The number of Topliss-reactive ketones (excluding diaryl/α,β-unsaturated/α-hetero) is 1. The first-order chi connectivity index (χ1) is 6.65. The van der Waals surface area contributed by atoms with Gasteiger partial charge in [-0.15, -0.1) is 0 Å². The zero-order chi connectivity index (χ0) is 10.6. The lowest BCUT2D eigenvalue weighted by Gasteiger charge is -2.00. The van der Waals surface area contributed by atoms with Gasteiger partial charge in [0.2, 0.25) is 5.78 Å². The monoisotopic (exact) mass is 197 g/mol. The predicted octanol–water partition coefficient (Wildman–Crippen LogP) is -0.0490. The Hall–Kier alpha value is -1.72. The molecule has 0 radical (unpaired) electrons. The van der Waals surface area contributed by atoms with Gasteiger partial charge in [-0.3, -0.25) is 9.59 Å². The van der Waals surface area contributed by atoms with Crippen molar-refractivity contribution in [3.63, 3.8) is 0 Å². The van der Waals surface area contributed by atoms with E-state index in [0.29, 0.717) is 0 Å². The van der Waals surface area contributed by atoms with E-state index in [-0.39, 0.29) is 24.6 Å². The molecule has 0 aromatic carbocycles. The maximum atomic E-state index is 11.4. The van der Waals surface area contributed by atoms with Gasteiger partial charge in [-0.25, -0.2) is 9.67 Å². The average Bonchev–Trinajstić information content (AvgIpc) is 2.51. The molecule has 0 atom stereocenters. The van der Waals surface area contributed by atoms with Crippen molar-refractivity contribution >= 4 is 11.8 Å². The molecule has 0 unspecified atom stereocenters. The molecule has 6 nitrogen and oxygen atoms in total. The van der Waals surface area contributed by atoms with E-state index in [9.17, 15) is 9.59 Å². The van der Waals surface area contributed by atoms with Crippen LogP contribution < -0.4 is 0 Å². The van der Waals surface area contributed by atoms with Gasteiger partial charge in [-0.05, 0) is 6.92 Å². The van der Waals surface area contributed by atoms with Crippen LogP contribution in [0, 0.1) is 0 Å². The zero-order valence-electron chi connectivity index (χ0n) is 8.06. The van der Waals surface area contributed by atoms with Gasteiger partial charge in [-0.1, -0.05) is 0 Å². The Labute approximate surface area is 80.9 Å². The van der Waals surface area contributed by atoms with E-state index < -0.39 is 5.97 Å². The van der Waals surface area contributed by atoms with Gasteiger partial charge in [0, 0.05) is 7.05 Å². The molecule has 0 saturated carbocycles. The Balaban J connectivity index is 2.59. The van der Waals surface area contributed by atoms with E-state index in [0.717, 1.165) is 0 Å². The second-order valence-electron chi connectivity index (χ2n) is 2.61. The molecule has 14 heavy (non-hydrogen) atoms. The van der Waals surface area contributed by atoms with Crippen LogP contribution in [0.5, 0.6) is 0 Å². The lowest BCUT2D eigenvalue weighted by atomic mass is 10.3. The summed E-state index contributed by atoms with van der Waals surface area (Å²) in [5, 5.41) is 3.72. The van der Waals surface area contributed by atoms with Gasteiger partial charge in [0.25, 0.3) is 0 Å². The van der Waals surface area contributed by atoms with Crippen molar-refractivity contribution in [1.29, 1.82) is 0 Å². The Morgan fingerprint density at radius 2 is 2.29 bits per heavy atom. The number of ketones is 1. The smallest absolute Gasteiger partial charge is 0.313 e. The van der Waals surface area contributed by atoms with Crippen LogP contribution in [0.3, 0.4) is 0 Å². The van der Waals surface area contributed by atoms with E-state index in [1.165, 1.54) is 11.0 Å². The highest BCUT2D eigenvalue weighted by atomic mass is 16.5. The fourth-order valence-electron chi connectivity index (χ4n) is 0.971. The van der Waals surface area contributed by atoms with Gasteiger partial charge >= 0.3 is 5.97 Å². The highest BCUT2D eigenvalue weighted by Crippen LogP contribution is 1.98. The molecule has 1 heterocycles. The molecule has 1 rings (SSSR count). The number of ether oxygens (including phenoxy) is 1. The number of hydrogen-bond donors (Lipinski definition) is 0. The summed E-state index contributed by atoms with van der Waals surface area (Å²) in [6.07, 6.45) is 0.971. The molecule has 0 amide bonds. The maximum Gasteiger partial charge on any atom is 0.313 e. The topological polar surface area (TPSA) is 74.1 Å². The summed E-state index contributed by atoms with van der Waals surface area (Å²) in [6.45, 7) is 1.95. The summed E-state index contributed by atoms with van der Waals surface area (Å²) < 4.78 is 5.95. The average molecular weight is 197 g/mol. The van der Waals surface area contributed by atoms with Crippen LogP contribution >= 0.6 is 0 Å². The summed E-state index contributed by atoms with van der Waals surface area (Å²) in [6, 6.07) is 0. The Morgan fingerprint density at radius 1 is 1.57 bits per heavy atom. The number of nitrogens with zero attached hydrogens (tertiary/aromatic N) is 3. The summed E-state index contributed by atoms with van der Waals surface area (Å²) >= 11 is 0. The molecule has 0 aliphatic rings. The SMILES string of the molecule is CCOC(=O)CC(=O)c1ncnn1C. The zero-order valence-corrected chi connectivity index (χ0v) is 8.06. The molecule has 0 spiro atoms. The third-order valence-electron chi connectivity index (χ3n) is 1.57. The third kappa shape index (κ3) is 2.38. The van der Waals surface area contributed by atoms with Crippen LogP contribution in [0.1, 0.15) is 24.0 Å². The highest BCUT2D eigenvalue weighted by Gasteiger charge is 2.16. The van der Waals surface area contributed by atoms with Gasteiger partial charge in [-0.2, -0.15) is 5.10 Å². The van der Waals surface area contributed by atoms with E-state index in [4.69, 9.17) is 0 Å². The van der Waals surface area contributed by atoms with Gasteiger partial charge in [0.1, 0.15) is 12.7 Å². The second-order valence-corrected chi connectivity index (χ2v) is 2.61. The predicted molar refractivity (Wildman–Crippen MR) is 46.6 cm³/mol. The van der Waals surface area contributed by atoms with Gasteiger partial charge < -0.3 is 4.74 Å². The van der Waals surface area contributed by atoms with Crippen molar-refractivity contribution in [2.24, 2.45) is 7.05 Å². The van der Waals surface area contributed by atoms with Crippen LogP contribution in [0.25, 0.3) is 0 Å². The Morgan fingerprint density at radius 3 is 2.79 bits per heavy atom. The first-order valence-electron chi connectivity index (χ1n) is 4.18. The molecular formula is C8H11N3O3. The number of aromatic nitrogens is 3. The van der Waals surface area contributed by atoms with E-state index in [1.807, 2.05) is 0 Å². The van der Waals surface area contributed by atoms with Crippen LogP contribution in [-0.2, 0) is 16.6 Å². The van der Waals surface area contributed by atoms with Crippen molar-refractivity contribution < 1.29 is 14.3 Å². The van der Waals surface area contributed by atoms with Crippen LogP contribution in [0.2, 0.25) is 0 Å². The molecule has 1 aromatic rings. The first kappa shape index (κ1) is 10.4. The molecule has 0 N–H and O–H groups in total. The van der Waals surface area contributed by atoms with Gasteiger partial charge in [0.15, 0.2) is 5.82 Å². The number of carbonyl (C=O) groups is 2.